The number of carbonyl (C=O) groups excluding carboxylic acids is 2. The molecule has 0 saturated heterocycles. The molecule has 0 bridgehead atoms. The molecule has 14 heteroatoms. The number of nitrogens with one attached hydrogen (secondary N) is 4. The molecule has 2 aromatic heterocycles. The first-order valence-electron chi connectivity index (χ1n) is 19.7. The first-order valence-corrected chi connectivity index (χ1v) is 20.5. The van der Waals surface area contributed by atoms with Gasteiger partial charge in [-0.05, 0) is 96.5 Å². The van der Waals surface area contributed by atoms with Crippen LogP contribution in [0.5, 0.6) is 0 Å². The fraction of sp³-hybridized carbons (Fsp3) is 0.304. The Kier molecular flexibility index (Phi) is 13.3. The predicted octanol–water partition coefficient (Wildman–Crippen LogP) is 7.99. The highest BCUT2D eigenvalue weighted by Crippen LogP contribution is 2.42. The van der Waals surface area contributed by atoms with Crippen LogP contribution in [0.2, 0.25) is 10.0 Å². The number of rotatable bonds is 14. The molecule has 2 unspecified atom stereocenters. The Morgan fingerprint density at radius 3 is 1.42 bits per heavy atom. The molecule has 60 heavy (non-hydrogen) atoms. The first-order chi connectivity index (χ1) is 28.9. The van der Waals surface area contributed by atoms with Crippen LogP contribution < -0.4 is 10.6 Å². The highest BCUT2D eigenvalue weighted by atomic mass is 35.5. The van der Waals surface area contributed by atoms with Crippen molar-refractivity contribution in [2.75, 3.05) is 27.4 Å². The fourth-order valence-electron chi connectivity index (χ4n) is 8.87. The molecule has 312 valence electrons. The molecule has 12 nitrogen and oxygen atoms in total. The minimum atomic E-state index is -0.881. The largest absolute Gasteiger partial charge is 0.481 e. The number of benzene rings is 4. The SMILES string of the molecule is COCCC(C(=O)O)[C@@H]1c2ccccc2C[C@H]1NC(=O)c1cc2cc(Cl)ccc2[nH]1.COCCC(C(=O)O)[C@@H]1c2ccccc2C[C@H]1NC(=O)c1cc2cc(Cl)ccc2[nH]1. The summed E-state index contributed by atoms with van der Waals surface area (Å²) in [6.45, 7) is 0.693. The molecule has 6 atom stereocenters. The smallest absolute Gasteiger partial charge is 0.307 e. The van der Waals surface area contributed by atoms with Gasteiger partial charge in [0.25, 0.3) is 11.8 Å². The summed E-state index contributed by atoms with van der Waals surface area (Å²) in [7, 11) is 3.12. The lowest BCUT2D eigenvalue weighted by atomic mass is 9.82. The lowest BCUT2D eigenvalue weighted by Crippen LogP contribution is -2.42. The zero-order valence-corrected chi connectivity index (χ0v) is 34.6. The molecule has 2 amide bonds. The number of amides is 2. The van der Waals surface area contributed by atoms with Crippen molar-refractivity contribution in [3.05, 3.63) is 141 Å². The second-order valence-electron chi connectivity index (χ2n) is 15.3. The molecule has 8 rings (SSSR count). The number of aromatic nitrogens is 2. The zero-order chi connectivity index (χ0) is 42.5. The molecular weight excluding hydrogens is 807 g/mol. The van der Waals surface area contributed by atoms with Gasteiger partial charge in [0, 0.05) is 83.2 Å². The summed E-state index contributed by atoms with van der Waals surface area (Å²) >= 11 is 12.1. The molecule has 0 radical (unpaired) electrons. The van der Waals surface area contributed by atoms with Gasteiger partial charge in [0.15, 0.2) is 0 Å². The Hall–Kier alpha value is -5.66. The summed E-state index contributed by atoms with van der Waals surface area (Å²) in [5.74, 6) is -4.24. The van der Waals surface area contributed by atoms with E-state index in [0.29, 0.717) is 60.3 Å². The van der Waals surface area contributed by atoms with Gasteiger partial charge in [-0.1, -0.05) is 71.7 Å². The van der Waals surface area contributed by atoms with E-state index in [-0.39, 0.29) is 35.7 Å². The van der Waals surface area contributed by atoms with E-state index >= 15 is 0 Å². The lowest BCUT2D eigenvalue weighted by molar-refractivity contribution is -0.144. The van der Waals surface area contributed by atoms with E-state index in [1.807, 2.05) is 60.7 Å². The van der Waals surface area contributed by atoms with Gasteiger partial charge in [0.1, 0.15) is 11.4 Å². The maximum absolute atomic E-state index is 13.0. The zero-order valence-electron chi connectivity index (χ0n) is 33.0. The minimum Gasteiger partial charge on any atom is -0.481 e. The van der Waals surface area contributed by atoms with E-state index < -0.39 is 23.8 Å². The average Bonchev–Trinajstić information content (AvgIpc) is 4.01. The highest BCUT2D eigenvalue weighted by molar-refractivity contribution is 6.31. The number of fused-ring (bicyclic) bond motifs is 4. The Morgan fingerprint density at radius 2 is 1.03 bits per heavy atom. The standard InChI is InChI=1S/2C23H23ClN2O4/c2*1-30-9-8-17(23(28)29)21-16-5-3-2-4-13(16)11-19(21)26-22(27)20-12-14-10-15(24)6-7-18(14)25-20/h2*2-7,10,12,17,19,21,25H,8-9,11H2,1H3,(H,26,27)(H,28,29)/t2*17?,19-,21+/m11/s1. The van der Waals surface area contributed by atoms with E-state index in [1.165, 1.54) is 0 Å². The quantitative estimate of drug-likeness (QED) is 0.0637. The molecule has 2 aliphatic rings. The topological polar surface area (TPSA) is 183 Å². The Morgan fingerprint density at radius 1 is 0.633 bits per heavy atom. The van der Waals surface area contributed by atoms with Crippen LogP contribution in [0, 0.1) is 11.8 Å². The number of carboxylic acid groups (broad SMARTS) is 2. The summed E-state index contributed by atoms with van der Waals surface area (Å²) in [6.07, 6.45) is 1.94. The summed E-state index contributed by atoms with van der Waals surface area (Å²) in [4.78, 5) is 56.4. The minimum absolute atomic E-state index is 0.263. The van der Waals surface area contributed by atoms with Crippen LogP contribution in [0.1, 0.15) is 67.9 Å². The van der Waals surface area contributed by atoms with Crippen molar-refractivity contribution in [1.82, 2.24) is 20.6 Å². The van der Waals surface area contributed by atoms with Gasteiger partial charge >= 0.3 is 11.9 Å². The van der Waals surface area contributed by atoms with E-state index in [9.17, 15) is 29.4 Å². The van der Waals surface area contributed by atoms with Gasteiger partial charge in [0.2, 0.25) is 0 Å². The van der Waals surface area contributed by atoms with Gasteiger partial charge in [-0.2, -0.15) is 0 Å². The molecule has 0 saturated carbocycles. The molecule has 0 spiro atoms. The van der Waals surface area contributed by atoms with Crippen LogP contribution in [0.3, 0.4) is 0 Å². The average molecular weight is 854 g/mol. The van der Waals surface area contributed by atoms with Crippen LogP contribution in [0.25, 0.3) is 21.8 Å². The highest BCUT2D eigenvalue weighted by Gasteiger charge is 2.43. The Labute approximate surface area is 356 Å². The van der Waals surface area contributed by atoms with Gasteiger partial charge in [-0.3, -0.25) is 19.2 Å². The number of carboxylic acids is 2. The van der Waals surface area contributed by atoms with Gasteiger partial charge in [-0.15, -0.1) is 0 Å². The van der Waals surface area contributed by atoms with Crippen molar-refractivity contribution in [3.8, 4) is 0 Å². The monoisotopic (exact) mass is 852 g/mol. The third-order valence-corrected chi connectivity index (χ3v) is 12.1. The summed E-state index contributed by atoms with van der Waals surface area (Å²) in [5.41, 5.74) is 6.58. The van der Waals surface area contributed by atoms with Gasteiger partial charge in [-0.25, -0.2) is 0 Å². The number of aliphatic carboxylic acids is 2. The maximum Gasteiger partial charge on any atom is 0.307 e. The molecule has 2 heterocycles. The van der Waals surface area contributed by atoms with Crippen molar-refractivity contribution in [3.63, 3.8) is 0 Å². The number of halogens is 2. The van der Waals surface area contributed by atoms with Crippen molar-refractivity contribution < 1.29 is 38.9 Å². The molecule has 6 aromatic rings. The van der Waals surface area contributed by atoms with Crippen LogP contribution in [-0.2, 0) is 31.9 Å². The maximum atomic E-state index is 13.0. The molecule has 2 aliphatic carbocycles. The van der Waals surface area contributed by atoms with Gasteiger partial charge < -0.3 is 40.3 Å². The molecule has 4 aromatic carbocycles. The lowest BCUT2D eigenvalue weighted by Gasteiger charge is -2.27. The molecule has 0 fully saturated rings. The number of methoxy groups -OCH3 is 2. The van der Waals surface area contributed by atoms with Crippen molar-refractivity contribution in [2.24, 2.45) is 11.8 Å². The van der Waals surface area contributed by atoms with Crippen molar-refractivity contribution in [2.45, 2.75) is 49.6 Å². The number of ether oxygens (including phenoxy) is 2. The second-order valence-corrected chi connectivity index (χ2v) is 16.2. The van der Waals surface area contributed by atoms with E-state index in [0.717, 1.165) is 44.1 Å². The molecule has 0 aliphatic heterocycles. The van der Waals surface area contributed by atoms with Crippen molar-refractivity contribution >= 4 is 68.8 Å². The van der Waals surface area contributed by atoms with Crippen molar-refractivity contribution in [1.29, 1.82) is 0 Å². The van der Waals surface area contributed by atoms with E-state index in [2.05, 4.69) is 20.6 Å². The number of H-pyrrole nitrogens is 2. The Balaban J connectivity index is 0.000000181. The van der Waals surface area contributed by atoms with Crippen LogP contribution in [-0.4, -0.2) is 83.5 Å². The normalized spacial score (nSPS) is 18.9. The van der Waals surface area contributed by atoms with Crippen LogP contribution >= 0.6 is 23.2 Å². The molecular formula is C46H46Cl2N4O8. The summed E-state index contributed by atoms with van der Waals surface area (Å²) in [6, 6.07) is 29.3. The summed E-state index contributed by atoms with van der Waals surface area (Å²) in [5, 5.41) is 28.8. The second kappa shape index (κ2) is 18.7. The van der Waals surface area contributed by atoms with Crippen LogP contribution in [0.4, 0.5) is 0 Å². The third kappa shape index (κ3) is 9.22. The first kappa shape index (κ1) is 42.5. The number of carbonyl (C=O) groups is 4. The van der Waals surface area contributed by atoms with E-state index in [1.54, 1.807) is 50.6 Å². The van der Waals surface area contributed by atoms with Gasteiger partial charge in [0.05, 0.1) is 11.8 Å². The van der Waals surface area contributed by atoms with E-state index in [4.69, 9.17) is 32.7 Å². The number of hydrogen-bond donors (Lipinski definition) is 6. The third-order valence-electron chi connectivity index (χ3n) is 11.6. The number of aromatic amines is 2. The van der Waals surface area contributed by atoms with Crippen LogP contribution in [0.15, 0.2) is 97.1 Å². The predicted molar refractivity (Wildman–Crippen MR) is 230 cm³/mol. The summed E-state index contributed by atoms with van der Waals surface area (Å²) < 4.78 is 10.3. The molecule has 6 N–H and O–H groups in total. The Bertz CT molecular complexity index is 2360. The number of hydrogen-bond acceptors (Lipinski definition) is 6. The fourth-order valence-corrected chi connectivity index (χ4v) is 9.24.